The largest absolute Gasteiger partial charge is 0.377 e. The molecule has 2 rings (SSSR count). The van der Waals surface area contributed by atoms with Crippen LogP contribution in [0.4, 0.5) is 10.5 Å². The number of urea groups is 1. The van der Waals surface area contributed by atoms with Gasteiger partial charge in [0.05, 0.1) is 65.4 Å². The molecule has 1 aromatic rings. The molecule has 1 aliphatic rings. The number of carbonyl (C=O) groups is 6. The molecule has 0 aliphatic carbocycles. The highest BCUT2D eigenvalue weighted by Gasteiger charge is 2.22. The molecule has 0 radical (unpaired) electrons. The quantitative estimate of drug-likeness (QED) is 0.0581. The maximum absolute atomic E-state index is 11.6. The normalized spacial score (nSPS) is 12.5. The van der Waals surface area contributed by atoms with Crippen LogP contribution in [-0.4, -0.2) is 126 Å². The Bertz CT molecular complexity index is 1190. The molecule has 16 nitrogen and oxygen atoms in total. The fourth-order valence-electron chi connectivity index (χ4n) is 4.03. The molecule has 0 spiro atoms. The lowest BCUT2D eigenvalue weighted by Gasteiger charge is -2.16. The number of primary amides is 1. The summed E-state index contributed by atoms with van der Waals surface area (Å²) in [5.74, 6) is -0.312. The number of aldehydes is 1. The number of anilines is 1. The van der Waals surface area contributed by atoms with Gasteiger partial charge in [0.2, 0.25) is 11.8 Å². The van der Waals surface area contributed by atoms with E-state index in [-0.39, 0.29) is 55.9 Å². The van der Waals surface area contributed by atoms with E-state index in [1.165, 1.54) is 17.7 Å². The zero-order chi connectivity index (χ0) is 39.1. The second-order valence-electron chi connectivity index (χ2n) is 12.2. The zero-order valence-electron chi connectivity index (χ0n) is 31.6. The van der Waals surface area contributed by atoms with Gasteiger partial charge in [-0.2, -0.15) is 0 Å². The molecule has 0 saturated carbocycles. The smallest absolute Gasteiger partial charge is 0.312 e. The Kier molecular flexibility index (Phi) is 27.9. The summed E-state index contributed by atoms with van der Waals surface area (Å²) < 4.78 is 21.1. The van der Waals surface area contributed by atoms with Crippen molar-refractivity contribution in [3.8, 4) is 0 Å². The van der Waals surface area contributed by atoms with Crippen LogP contribution in [0.15, 0.2) is 36.4 Å². The first kappa shape index (κ1) is 47.8. The minimum Gasteiger partial charge on any atom is -0.377 e. The van der Waals surface area contributed by atoms with E-state index >= 15 is 0 Å². The predicted molar refractivity (Wildman–Crippen MR) is 197 cm³/mol. The average molecular weight is 737 g/mol. The summed E-state index contributed by atoms with van der Waals surface area (Å²) in [6.07, 6.45) is 5.19. The van der Waals surface area contributed by atoms with E-state index in [2.05, 4.69) is 47.2 Å². The third-order valence-electron chi connectivity index (χ3n) is 6.67. The molecule has 0 aromatic heterocycles. The molecular formula is C36H60N6O10. The van der Waals surface area contributed by atoms with Crippen LogP contribution in [-0.2, 0) is 49.3 Å². The summed E-state index contributed by atoms with van der Waals surface area (Å²) >= 11 is 0. The van der Waals surface area contributed by atoms with Crippen molar-refractivity contribution in [2.75, 3.05) is 84.9 Å². The summed E-state index contributed by atoms with van der Waals surface area (Å²) in [5.41, 5.74) is 6.89. The highest BCUT2D eigenvalue weighted by molar-refractivity contribution is 6.12. The third kappa shape index (κ3) is 25.7. The molecule has 294 valence electrons. The topological polar surface area (TPSA) is 217 Å². The number of nitrogens with two attached hydrogens (primary N) is 1. The van der Waals surface area contributed by atoms with Gasteiger partial charge in [-0.05, 0) is 49.4 Å². The molecule has 1 unspecified atom stereocenters. The van der Waals surface area contributed by atoms with Gasteiger partial charge < -0.3 is 50.7 Å². The monoisotopic (exact) mass is 736 g/mol. The molecule has 6 N–H and O–H groups in total. The number of likely N-dealkylation sites (N-methyl/N-ethyl adjacent to an activating group) is 1. The number of ether oxygens (including phenoxy) is 4. The first-order valence-electron chi connectivity index (χ1n) is 17.5. The Morgan fingerprint density at radius 2 is 1.37 bits per heavy atom. The molecule has 0 saturated heterocycles. The number of rotatable bonds is 24. The molecule has 52 heavy (non-hydrogen) atoms. The van der Waals surface area contributed by atoms with Crippen LogP contribution < -0.4 is 27.0 Å². The molecule has 16 heteroatoms. The van der Waals surface area contributed by atoms with E-state index in [9.17, 15) is 28.8 Å². The van der Waals surface area contributed by atoms with Crippen LogP contribution in [0, 0.1) is 11.8 Å². The number of hydrogen-bond acceptors (Lipinski definition) is 11. The van der Waals surface area contributed by atoms with E-state index in [1.807, 2.05) is 32.9 Å². The standard InChI is InChI=1S/C19H30N2O8.C13H20N2O.C4H10N2O/c1-15(2)16(13-22)20-17(23)14-29-12-11-28-10-9-27-8-7-26-6-5-21-18(24)3-4-19(21)25;1-10(2)8-11-4-6-12(7-5-11)15-13(16)9-14-3;1-2-3-6-4(5)7/h3-4,13,15-16H,5-12,14H2,1-2H3,(H,20,23);4-7,10,14H,8-9H2,1-3H3,(H,15,16);2-3H2,1H3,(H3,5,6,7). The zero-order valence-corrected chi connectivity index (χ0v) is 31.6. The summed E-state index contributed by atoms with van der Waals surface area (Å²) in [4.78, 5) is 67.3. The minimum absolute atomic E-state index is 0.0147. The van der Waals surface area contributed by atoms with Gasteiger partial charge in [-0.1, -0.05) is 46.8 Å². The number of nitrogens with one attached hydrogen (secondary N) is 4. The van der Waals surface area contributed by atoms with Gasteiger partial charge in [0.1, 0.15) is 12.9 Å². The van der Waals surface area contributed by atoms with E-state index in [1.54, 1.807) is 7.05 Å². The Balaban J connectivity index is 0.000000938. The second kappa shape index (κ2) is 30.4. The van der Waals surface area contributed by atoms with Crippen molar-refractivity contribution in [2.45, 2.75) is 53.5 Å². The maximum atomic E-state index is 11.6. The molecular weight excluding hydrogens is 676 g/mol. The van der Waals surface area contributed by atoms with Gasteiger partial charge in [0.25, 0.3) is 11.8 Å². The number of imide groups is 1. The van der Waals surface area contributed by atoms with E-state index in [4.69, 9.17) is 24.7 Å². The van der Waals surface area contributed by atoms with Crippen molar-refractivity contribution in [3.05, 3.63) is 42.0 Å². The second-order valence-corrected chi connectivity index (χ2v) is 12.2. The summed E-state index contributed by atoms with van der Waals surface area (Å²) in [6, 6.07) is 7.08. The molecule has 0 fully saturated rings. The molecule has 1 aromatic carbocycles. The molecule has 1 aliphatic heterocycles. The minimum atomic E-state index is -0.509. The number of nitrogens with zero attached hydrogens (tertiary/aromatic N) is 1. The van der Waals surface area contributed by atoms with Gasteiger partial charge in [0, 0.05) is 24.4 Å². The Hall–Kier alpha value is -4.22. The van der Waals surface area contributed by atoms with Crippen molar-refractivity contribution in [3.63, 3.8) is 0 Å². The number of amides is 6. The SMILES string of the molecule is CC(C)C(C=O)NC(=O)COCCOCCOCCOCCN1C(=O)C=CC1=O.CCCNC(N)=O.CNCC(=O)Nc1ccc(CC(C)C)cc1. The van der Waals surface area contributed by atoms with Crippen LogP contribution in [0.3, 0.4) is 0 Å². The van der Waals surface area contributed by atoms with Crippen molar-refractivity contribution in [1.82, 2.24) is 20.9 Å². The number of hydrogen-bond donors (Lipinski definition) is 5. The van der Waals surface area contributed by atoms with Crippen molar-refractivity contribution < 1.29 is 47.7 Å². The Morgan fingerprint density at radius 1 is 0.827 bits per heavy atom. The lowest BCUT2D eigenvalue weighted by molar-refractivity contribution is -0.137. The van der Waals surface area contributed by atoms with Crippen molar-refractivity contribution >= 4 is 41.6 Å². The first-order chi connectivity index (χ1) is 24.8. The number of benzene rings is 1. The summed E-state index contributed by atoms with van der Waals surface area (Å²) in [5, 5.41) is 10.7. The highest BCUT2D eigenvalue weighted by Crippen LogP contribution is 2.13. The van der Waals surface area contributed by atoms with Gasteiger partial charge in [-0.25, -0.2) is 4.79 Å². The lowest BCUT2D eigenvalue weighted by Crippen LogP contribution is -2.41. The highest BCUT2D eigenvalue weighted by atomic mass is 16.6. The number of carbonyl (C=O) groups excluding carboxylic acids is 6. The third-order valence-corrected chi connectivity index (χ3v) is 6.67. The van der Waals surface area contributed by atoms with E-state index < -0.39 is 12.1 Å². The van der Waals surface area contributed by atoms with Crippen LogP contribution in [0.5, 0.6) is 0 Å². The van der Waals surface area contributed by atoms with E-state index in [0.717, 1.165) is 23.4 Å². The van der Waals surface area contributed by atoms with Crippen molar-refractivity contribution in [1.29, 1.82) is 0 Å². The molecule has 0 bridgehead atoms. The molecule has 1 heterocycles. The van der Waals surface area contributed by atoms with Crippen LogP contribution in [0.1, 0.15) is 46.6 Å². The van der Waals surface area contributed by atoms with Gasteiger partial charge in [-0.15, -0.1) is 0 Å². The first-order valence-corrected chi connectivity index (χ1v) is 17.5. The van der Waals surface area contributed by atoms with Crippen LogP contribution in [0.2, 0.25) is 0 Å². The Morgan fingerprint density at radius 3 is 1.81 bits per heavy atom. The van der Waals surface area contributed by atoms with Crippen LogP contribution >= 0.6 is 0 Å². The van der Waals surface area contributed by atoms with Crippen LogP contribution in [0.25, 0.3) is 0 Å². The molecule has 1 atom stereocenters. The van der Waals surface area contributed by atoms with Gasteiger partial charge in [-0.3, -0.25) is 24.1 Å². The molecule has 6 amide bonds. The average Bonchev–Trinajstić information content (AvgIpc) is 3.41. The fourth-order valence-corrected chi connectivity index (χ4v) is 4.03. The predicted octanol–water partition coefficient (Wildman–Crippen LogP) is 1.43. The fraction of sp³-hybridized carbons (Fsp3) is 0.611. The van der Waals surface area contributed by atoms with Crippen molar-refractivity contribution in [2.24, 2.45) is 17.6 Å². The van der Waals surface area contributed by atoms with Gasteiger partial charge in [0.15, 0.2) is 0 Å². The summed E-state index contributed by atoms with van der Waals surface area (Å²) in [6.45, 7) is 13.5. The van der Waals surface area contributed by atoms with E-state index in [0.29, 0.717) is 58.3 Å². The Labute approximate surface area is 307 Å². The summed E-state index contributed by atoms with van der Waals surface area (Å²) in [7, 11) is 1.76. The maximum Gasteiger partial charge on any atom is 0.312 e. The van der Waals surface area contributed by atoms with Gasteiger partial charge >= 0.3 is 6.03 Å². The lowest BCUT2D eigenvalue weighted by atomic mass is 10.0.